The summed E-state index contributed by atoms with van der Waals surface area (Å²) in [6.45, 7) is 3.84. The minimum absolute atomic E-state index is 0.0350. The van der Waals surface area contributed by atoms with E-state index in [1.165, 1.54) is 6.07 Å². The fraction of sp³-hybridized carbons (Fsp3) is 0.464. The number of benzene rings is 2. The monoisotopic (exact) mass is 529 g/mol. The van der Waals surface area contributed by atoms with E-state index in [9.17, 15) is 18.0 Å². The molecule has 204 valence electrons. The van der Waals surface area contributed by atoms with Crippen LogP contribution < -0.4 is 11.1 Å². The van der Waals surface area contributed by atoms with Crippen LogP contribution in [0.5, 0.6) is 0 Å². The number of carbonyl (C=O) groups is 1. The smallest absolute Gasteiger partial charge is 0.399 e. The molecule has 38 heavy (non-hydrogen) atoms. The van der Waals surface area contributed by atoms with E-state index in [0.29, 0.717) is 23.8 Å². The molecule has 0 aliphatic heterocycles. The highest BCUT2D eigenvalue weighted by molar-refractivity contribution is 5.90. The van der Waals surface area contributed by atoms with Crippen molar-refractivity contribution in [3.8, 4) is 0 Å². The highest BCUT2D eigenvalue weighted by atomic mass is 19.4. The number of hydrogen-bond donors (Lipinski definition) is 3. The van der Waals surface area contributed by atoms with Gasteiger partial charge in [-0.05, 0) is 86.9 Å². The van der Waals surface area contributed by atoms with Crippen molar-refractivity contribution < 1.29 is 23.1 Å². The zero-order chi connectivity index (χ0) is 27.6. The van der Waals surface area contributed by atoms with Gasteiger partial charge in [0.25, 0.3) is 0 Å². The average Bonchev–Trinajstić information content (AvgIpc) is 2.87. The Hall–Kier alpha value is -3.40. The first-order valence-corrected chi connectivity index (χ1v) is 12.8. The zero-order valence-corrected chi connectivity index (χ0v) is 21.8. The van der Waals surface area contributed by atoms with E-state index in [-0.39, 0.29) is 30.0 Å². The third-order valence-corrected chi connectivity index (χ3v) is 7.35. The molecule has 1 saturated carbocycles. The van der Waals surface area contributed by atoms with Crippen molar-refractivity contribution in [1.82, 2.24) is 14.9 Å². The molecule has 1 aliphatic rings. The summed E-state index contributed by atoms with van der Waals surface area (Å²) < 4.78 is 40.0. The van der Waals surface area contributed by atoms with Crippen molar-refractivity contribution >= 4 is 28.3 Å². The second-order valence-corrected chi connectivity index (χ2v) is 10.2. The molecule has 1 aromatic heterocycles. The van der Waals surface area contributed by atoms with E-state index in [1.54, 1.807) is 25.8 Å². The van der Waals surface area contributed by atoms with Crippen LogP contribution in [-0.2, 0) is 11.0 Å². The van der Waals surface area contributed by atoms with Gasteiger partial charge in [0.1, 0.15) is 11.6 Å². The summed E-state index contributed by atoms with van der Waals surface area (Å²) in [4.78, 5) is 23.3. The topological polar surface area (TPSA) is 104 Å². The van der Waals surface area contributed by atoms with Gasteiger partial charge in [-0.15, -0.1) is 0 Å². The molecule has 0 bridgehead atoms. The molecule has 2 aromatic carbocycles. The van der Waals surface area contributed by atoms with Crippen molar-refractivity contribution in [1.29, 1.82) is 0 Å². The van der Waals surface area contributed by atoms with E-state index in [4.69, 9.17) is 10.8 Å². The number of rotatable bonds is 7. The number of alkyl halides is 3. The van der Waals surface area contributed by atoms with E-state index in [2.05, 4.69) is 27.4 Å². The van der Waals surface area contributed by atoms with E-state index >= 15 is 0 Å². The summed E-state index contributed by atoms with van der Waals surface area (Å²) in [7, 11) is 1.72. The van der Waals surface area contributed by atoms with Gasteiger partial charge < -0.3 is 21.1 Å². The van der Waals surface area contributed by atoms with Crippen LogP contribution in [0.25, 0.3) is 10.9 Å². The largest absolute Gasteiger partial charge is 0.416 e. The zero-order valence-electron chi connectivity index (χ0n) is 21.8. The first kappa shape index (κ1) is 27.6. The van der Waals surface area contributed by atoms with E-state index < -0.39 is 17.8 Å². The Morgan fingerprint density at radius 3 is 2.53 bits per heavy atom. The maximum atomic E-state index is 13.3. The van der Waals surface area contributed by atoms with Crippen LogP contribution >= 0.6 is 0 Å². The normalized spacial score (nSPS) is 18.8. The molecule has 0 spiro atoms. The standard InChI is InChI=1S/C28H34F3N5O2/c1-16(21-12-22(28(29,30)31)15-23(32)13-21)33-26-24-14-20(8-9-25(24)34-17(2)35-26)18-4-6-19(7-5-18)27(38)36(3)10-11-37/h8-9,12-16,18-19,37H,4-7,10-11,32H2,1-3H3,(H,33,34,35)/t16-,18?,19?/m1/s1. The molecule has 1 aliphatic carbocycles. The van der Waals surface area contributed by atoms with Gasteiger partial charge in [-0.3, -0.25) is 4.79 Å². The summed E-state index contributed by atoms with van der Waals surface area (Å²) in [5.41, 5.74) is 7.31. The van der Waals surface area contributed by atoms with Crippen molar-refractivity contribution in [2.45, 2.75) is 57.7 Å². The molecular weight excluding hydrogens is 495 g/mol. The lowest BCUT2D eigenvalue weighted by molar-refractivity contribution is -0.137. The fourth-order valence-corrected chi connectivity index (χ4v) is 5.25. The third-order valence-electron chi connectivity index (χ3n) is 7.35. The number of nitrogens with one attached hydrogen (secondary N) is 1. The number of nitrogens with two attached hydrogens (primary N) is 1. The number of anilines is 2. The van der Waals surface area contributed by atoms with E-state index in [0.717, 1.165) is 54.3 Å². The average molecular weight is 530 g/mol. The second kappa shape index (κ2) is 11.1. The summed E-state index contributed by atoms with van der Waals surface area (Å²) >= 11 is 0. The van der Waals surface area contributed by atoms with Gasteiger partial charge >= 0.3 is 6.18 Å². The van der Waals surface area contributed by atoms with Crippen molar-refractivity contribution in [2.24, 2.45) is 5.92 Å². The van der Waals surface area contributed by atoms with Crippen LogP contribution in [0.4, 0.5) is 24.7 Å². The molecule has 3 aromatic rings. The van der Waals surface area contributed by atoms with Gasteiger partial charge in [0.15, 0.2) is 0 Å². The number of halogens is 3. The van der Waals surface area contributed by atoms with Crippen molar-refractivity contribution in [3.05, 3.63) is 58.9 Å². The predicted octanol–water partition coefficient (Wildman–Crippen LogP) is 5.44. The van der Waals surface area contributed by atoms with Crippen LogP contribution in [0.2, 0.25) is 0 Å². The fourth-order valence-electron chi connectivity index (χ4n) is 5.25. The number of nitrogens with zero attached hydrogens (tertiary/aromatic N) is 3. The Balaban J connectivity index is 1.56. The molecule has 1 amide bonds. The molecule has 1 atom stereocenters. The van der Waals surface area contributed by atoms with Gasteiger partial charge in [0.05, 0.1) is 23.7 Å². The minimum Gasteiger partial charge on any atom is -0.399 e. The van der Waals surface area contributed by atoms with Gasteiger partial charge in [0.2, 0.25) is 5.91 Å². The van der Waals surface area contributed by atoms with Gasteiger partial charge in [-0.25, -0.2) is 9.97 Å². The number of likely N-dealkylation sites (N-methyl/N-ethyl adjacent to an activating group) is 1. The number of aryl methyl sites for hydroxylation is 1. The minimum atomic E-state index is -4.49. The van der Waals surface area contributed by atoms with Crippen LogP contribution in [0.15, 0.2) is 36.4 Å². The Morgan fingerprint density at radius 2 is 1.87 bits per heavy atom. The molecule has 0 saturated heterocycles. The van der Waals surface area contributed by atoms with Crippen LogP contribution in [0.1, 0.15) is 67.1 Å². The molecule has 0 radical (unpaired) electrons. The molecular formula is C28H34F3N5O2. The van der Waals surface area contributed by atoms with Crippen molar-refractivity contribution in [2.75, 3.05) is 31.2 Å². The lowest BCUT2D eigenvalue weighted by Crippen LogP contribution is -2.36. The summed E-state index contributed by atoms with van der Waals surface area (Å²) in [5, 5.41) is 13.2. The summed E-state index contributed by atoms with van der Waals surface area (Å²) in [6, 6.07) is 9.14. The molecule has 1 heterocycles. The highest BCUT2D eigenvalue weighted by Gasteiger charge is 2.32. The first-order valence-electron chi connectivity index (χ1n) is 12.8. The Morgan fingerprint density at radius 1 is 1.16 bits per heavy atom. The van der Waals surface area contributed by atoms with Crippen LogP contribution in [0, 0.1) is 12.8 Å². The quantitative estimate of drug-likeness (QED) is 0.352. The summed E-state index contributed by atoms with van der Waals surface area (Å²) in [5.74, 6) is 1.42. The number of nitrogen functional groups attached to an aromatic ring is 1. The number of fused-ring (bicyclic) bond motifs is 1. The van der Waals surface area contributed by atoms with Crippen LogP contribution in [-0.4, -0.2) is 46.1 Å². The number of aliphatic hydroxyl groups excluding tert-OH is 1. The maximum Gasteiger partial charge on any atom is 0.416 e. The Kier molecular flexibility index (Phi) is 8.10. The highest BCUT2D eigenvalue weighted by Crippen LogP contribution is 2.38. The van der Waals surface area contributed by atoms with Gasteiger partial charge in [-0.2, -0.15) is 13.2 Å². The SMILES string of the molecule is Cc1nc(N[C@H](C)c2cc(N)cc(C(F)(F)F)c2)c2cc(C3CCC(C(=O)N(C)CCO)CC3)ccc2n1. The number of hydrogen-bond acceptors (Lipinski definition) is 6. The van der Waals surface area contributed by atoms with Gasteiger partial charge in [-0.1, -0.05) is 6.07 Å². The second-order valence-electron chi connectivity index (χ2n) is 10.2. The molecule has 10 heteroatoms. The van der Waals surface area contributed by atoms with E-state index in [1.807, 2.05) is 6.07 Å². The number of aromatic nitrogens is 2. The summed E-state index contributed by atoms with van der Waals surface area (Å²) in [6.07, 6.45) is -1.20. The number of carbonyl (C=O) groups excluding carboxylic acids is 1. The lowest BCUT2D eigenvalue weighted by atomic mass is 9.78. The Labute approximate surface area is 220 Å². The molecule has 7 nitrogen and oxygen atoms in total. The molecule has 4 N–H and O–H groups in total. The van der Waals surface area contributed by atoms with Crippen LogP contribution in [0.3, 0.4) is 0 Å². The predicted molar refractivity (Wildman–Crippen MR) is 142 cm³/mol. The third kappa shape index (κ3) is 6.18. The van der Waals surface area contributed by atoms with Crippen molar-refractivity contribution in [3.63, 3.8) is 0 Å². The lowest BCUT2D eigenvalue weighted by Gasteiger charge is -2.30. The number of aliphatic hydroxyl groups is 1. The maximum absolute atomic E-state index is 13.3. The first-order chi connectivity index (χ1) is 18.0. The molecule has 1 fully saturated rings. The Bertz CT molecular complexity index is 1310. The molecule has 0 unspecified atom stereocenters. The van der Waals surface area contributed by atoms with Gasteiger partial charge in [0, 0.05) is 30.6 Å². The number of amides is 1. The molecule has 4 rings (SSSR count).